The van der Waals surface area contributed by atoms with Crippen LogP contribution in [0.4, 0.5) is 0 Å². The van der Waals surface area contributed by atoms with Gasteiger partial charge in [-0.05, 0) is 31.7 Å². The molecule has 1 unspecified atom stereocenters. The molecular weight excluding hydrogens is 254 g/mol. The van der Waals surface area contributed by atoms with Gasteiger partial charge in [-0.2, -0.15) is 0 Å². The number of para-hydroxylation sites is 1. The monoisotopic (exact) mass is 275 g/mol. The van der Waals surface area contributed by atoms with E-state index in [0.29, 0.717) is 6.04 Å². The van der Waals surface area contributed by atoms with Crippen molar-refractivity contribution in [2.45, 2.75) is 25.8 Å². The predicted octanol–water partition coefficient (Wildman–Crippen LogP) is 3.82. The van der Waals surface area contributed by atoms with Crippen LogP contribution in [-0.2, 0) is 12.8 Å². The van der Waals surface area contributed by atoms with E-state index >= 15 is 0 Å². The van der Waals surface area contributed by atoms with Crippen LogP contribution in [-0.4, -0.2) is 14.2 Å². The normalized spacial score (nSPS) is 12.4. The summed E-state index contributed by atoms with van der Waals surface area (Å²) in [6.07, 6.45) is 2.12. The Balaban J connectivity index is 2.19. The summed E-state index contributed by atoms with van der Waals surface area (Å²) < 4.78 is 5.46. The van der Waals surface area contributed by atoms with Crippen LogP contribution in [0.15, 0.2) is 36.4 Å². The van der Waals surface area contributed by atoms with Crippen LogP contribution >= 0.6 is 11.3 Å². The number of rotatable bonds is 6. The Morgan fingerprint density at radius 1 is 1.16 bits per heavy atom. The molecule has 2 aromatic rings. The van der Waals surface area contributed by atoms with Crippen LogP contribution in [0, 0.1) is 0 Å². The van der Waals surface area contributed by atoms with E-state index in [0.717, 1.165) is 18.6 Å². The summed E-state index contributed by atoms with van der Waals surface area (Å²) in [7, 11) is 3.73. The second kappa shape index (κ2) is 6.73. The molecule has 0 fully saturated rings. The minimum absolute atomic E-state index is 0.291. The minimum Gasteiger partial charge on any atom is -0.496 e. The van der Waals surface area contributed by atoms with Crippen LogP contribution in [0.1, 0.15) is 28.3 Å². The average molecular weight is 275 g/mol. The molecule has 0 aliphatic rings. The standard InChI is InChI=1S/C16H21NOS/c1-4-12-9-10-13(19-12)11-15(17-2)14-7-5-6-8-16(14)18-3/h5-10,15,17H,4,11H2,1-3H3. The fraction of sp³-hybridized carbons (Fsp3) is 0.375. The van der Waals surface area contributed by atoms with Crippen molar-refractivity contribution < 1.29 is 4.74 Å². The van der Waals surface area contributed by atoms with Crippen molar-refractivity contribution in [1.29, 1.82) is 0 Å². The van der Waals surface area contributed by atoms with Gasteiger partial charge in [0.15, 0.2) is 0 Å². The summed E-state index contributed by atoms with van der Waals surface area (Å²) in [4.78, 5) is 2.87. The molecule has 1 N–H and O–H groups in total. The van der Waals surface area contributed by atoms with Gasteiger partial charge < -0.3 is 10.1 Å². The zero-order chi connectivity index (χ0) is 13.7. The number of likely N-dealkylation sites (N-methyl/N-ethyl adjacent to an activating group) is 1. The highest BCUT2D eigenvalue weighted by molar-refractivity contribution is 7.11. The van der Waals surface area contributed by atoms with Crippen molar-refractivity contribution in [3.63, 3.8) is 0 Å². The lowest BCUT2D eigenvalue weighted by Crippen LogP contribution is -2.19. The van der Waals surface area contributed by atoms with E-state index in [4.69, 9.17) is 4.74 Å². The molecular formula is C16H21NOS. The van der Waals surface area contributed by atoms with Gasteiger partial charge in [0.2, 0.25) is 0 Å². The van der Waals surface area contributed by atoms with Crippen LogP contribution in [0.25, 0.3) is 0 Å². The highest BCUT2D eigenvalue weighted by atomic mass is 32.1. The molecule has 0 radical (unpaired) electrons. The number of nitrogens with one attached hydrogen (secondary N) is 1. The lowest BCUT2D eigenvalue weighted by Gasteiger charge is -2.18. The van der Waals surface area contributed by atoms with E-state index in [1.165, 1.54) is 15.3 Å². The molecule has 0 saturated carbocycles. The molecule has 0 bridgehead atoms. The Labute approximate surface area is 119 Å². The third-order valence-electron chi connectivity index (χ3n) is 3.33. The number of hydrogen-bond donors (Lipinski definition) is 1. The molecule has 0 aliphatic heterocycles. The summed E-state index contributed by atoms with van der Waals surface area (Å²) in [6, 6.07) is 13.0. The number of benzene rings is 1. The van der Waals surface area contributed by atoms with Crippen LogP contribution in [0.3, 0.4) is 0 Å². The molecule has 1 heterocycles. The molecule has 2 nitrogen and oxygen atoms in total. The molecule has 19 heavy (non-hydrogen) atoms. The molecule has 1 aromatic carbocycles. The van der Waals surface area contributed by atoms with Gasteiger partial charge in [0, 0.05) is 27.8 Å². The summed E-state index contributed by atoms with van der Waals surface area (Å²) in [6.45, 7) is 2.20. The fourth-order valence-corrected chi connectivity index (χ4v) is 3.25. The molecule has 0 saturated heterocycles. The molecule has 0 aliphatic carbocycles. The van der Waals surface area contributed by atoms with Gasteiger partial charge in [-0.1, -0.05) is 25.1 Å². The van der Waals surface area contributed by atoms with Gasteiger partial charge in [0.05, 0.1) is 7.11 Å². The van der Waals surface area contributed by atoms with Gasteiger partial charge in [0.1, 0.15) is 5.75 Å². The van der Waals surface area contributed by atoms with E-state index in [9.17, 15) is 0 Å². The molecule has 102 valence electrons. The van der Waals surface area contributed by atoms with E-state index in [-0.39, 0.29) is 0 Å². The summed E-state index contributed by atoms with van der Waals surface area (Å²) in [5, 5.41) is 3.40. The van der Waals surface area contributed by atoms with Gasteiger partial charge in [0.25, 0.3) is 0 Å². The Bertz CT molecular complexity index is 521. The van der Waals surface area contributed by atoms with Crippen LogP contribution < -0.4 is 10.1 Å². The van der Waals surface area contributed by atoms with Crippen molar-refractivity contribution in [3.8, 4) is 5.75 Å². The van der Waals surface area contributed by atoms with Crippen molar-refractivity contribution >= 4 is 11.3 Å². The summed E-state index contributed by atoms with van der Waals surface area (Å²) in [5.41, 5.74) is 1.22. The number of thiophene rings is 1. The number of hydrogen-bond acceptors (Lipinski definition) is 3. The van der Waals surface area contributed by atoms with E-state index in [2.05, 4.69) is 36.5 Å². The summed E-state index contributed by atoms with van der Waals surface area (Å²) in [5.74, 6) is 0.953. The van der Waals surface area contributed by atoms with Gasteiger partial charge in [-0.15, -0.1) is 11.3 Å². The Kier molecular flexibility index (Phi) is 5.00. The van der Waals surface area contributed by atoms with E-state index in [1.54, 1.807) is 7.11 Å². The number of methoxy groups -OCH3 is 1. The molecule has 1 atom stereocenters. The maximum atomic E-state index is 5.46. The van der Waals surface area contributed by atoms with Gasteiger partial charge in [-0.25, -0.2) is 0 Å². The molecule has 1 aromatic heterocycles. The molecule has 3 heteroatoms. The average Bonchev–Trinajstić information content (AvgIpc) is 2.92. The van der Waals surface area contributed by atoms with Crippen molar-refractivity contribution in [3.05, 3.63) is 51.7 Å². The maximum absolute atomic E-state index is 5.46. The number of ether oxygens (including phenoxy) is 1. The second-order valence-corrected chi connectivity index (χ2v) is 5.76. The quantitative estimate of drug-likeness (QED) is 0.865. The third-order valence-corrected chi connectivity index (χ3v) is 4.59. The first kappa shape index (κ1) is 14.1. The van der Waals surface area contributed by atoms with Gasteiger partial charge in [-0.3, -0.25) is 0 Å². The largest absolute Gasteiger partial charge is 0.496 e. The zero-order valence-electron chi connectivity index (χ0n) is 11.8. The van der Waals surface area contributed by atoms with Crippen molar-refractivity contribution in [1.82, 2.24) is 5.32 Å². The SMILES string of the molecule is CCc1ccc(CC(NC)c2ccccc2OC)s1. The summed E-state index contributed by atoms with van der Waals surface area (Å²) >= 11 is 1.90. The van der Waals surface area contributed by atoms with Crippen LogP contribution in [0.2, 0.25) is 0 Å². The van der Waals surface area contributed by atoms with E-state index in [1.807, 2.05) is 30.5 Å². The lowest BCUT2D eigenvalue weighted by atomic mass is 10.0. The molecule has 0 spiro atoms. The maximum Gasteiger partial charge on any atom is 0.123 e. The Morgan fingerprint density at radius 2 is 1.89 bits per heavy atom. The van der Waals surface area contributed by atoms with Crippen LogP contribution in [0.5, 0.6) is 5.75 Å². The minimum atomic E-state index is 0.291. The van der Waals surface area contributed by atoms with Crippen molar-refractivity contribution in [2.75, 3.05) is 14.2 Å². The lowest BCUT2D eigenvalue weighted by molar-refractivity contribution is 0.401. The fourth-order valence-electron chi connectivity index (χ4n) is 2.25. The predicted molar refractivity (Wildman–Crippen MR) is 82.2 cm³/mol. The second-order valence-electron chi connectivity index (χ2n) is 4.51. The molecule has 0 amide bonds. The number of aryl methyl sites for hydroxylation is 1. The van der Waals surface area contributed by atoms with Crippen molar-refractivity contribution in [2.24, 2.45) is 0 Å². The highest BCUT2D eigenvalue weighted by Gasteiger charge is 2.15. The Morgan fingerprint density at radius 3 is 2.53 bits per heavy atom. The first-order valence-electron chi connectivity index (χ1n) is 6.66. The molecule has 2 rings (SSSR count). The van der Waals surface area contributed by atoms with Gasteiger partial charge >= 0.3 is 0 Å². The topological polar surface area (TPSA) is 21.3 Å². The first-order valence-corrected chi connectivity index (χ1v) is 7.47. The Hall–Kier alpha value is -1.32. The first-order chi connectivity index (χ1) is 9.28. The highest BCUT2D eigenvalue weighted by Crippen LogP contribution is 2.29. The smallest absolute Gasteiger partial charge is 0.123 e. The third kappa shape index (κ3) is 3.37. The zero-order valence-corrected chi connectivity index (χ0v) is 12.6. The van der Waals surface area contributed by atoms with E-state index < -0.39 is 0 Å².